The molecule has 0 aliphatic carbocycles. The molecule has 5 atom stereocenters. The van der Waals surface area contributed by atoms with Crippen molar-refractivity contribution in [3.63, 3.8) is 0 Å². The molecule has 1 aliphatic rings. The summed E-state index contributed by atoms with van der Waals surface area (Å²) in [5.41, 5.74) is 10.9. The van der Waals surface area contributed by atoms with Crippen LogP contribution in [0.4, 0.5) is 4.79 Å². The molecule has 1 unspecified atom stereocenters. The van der Waals surface area contributed by atoms with Crippen molar-refractivity contribution < 1.29 is 29.4 Å². The number of rotatable bonds is 9. The fraction of sp³-hybridized carbons (Fsp3) is 0.778. The van der Waals surface area contributed by atoms with Gasteiger partial charge in [0.15, 0.2) is 0 Å². The zero-order valence-corrected chi connectivity index (χ0v) is 17.2. The SMILES string of the molecule is CCCCN(C(=O)C(N)[C@@H](C)O)C(=O)N1CCC[C@H]1C(=O)N[C@H](C(N)=O)[C@@H](C)O. The third-order valence-electron chi connectivity index (χ3n) is 4.92. The van der Waals surface area contributed by atoms with Gasteiger partial charge < -0.3 is 31.9 Å². The van der Waals surface area contributed by atoms with E-state index in [9.17, 15) is 29.4 Å². The molecule has 1 aliphatic heterocycles. The van der Waals surface area contributed by atoms with Crippen LogP contribution in [0.1, 0.15) is 46.5 Å². The standard InChI is InChI=1S/C18H33N5O6/c1-4-5-8-23(17(28)13(19)10(2)24)18(29)22-9-6-7-12(22)16(27)21-14(11(3)25)15(20)26/h10-14,24-25H,4-9,19H2,1-3H3,(H2,20,26)(H,21,27)/t10-,11-,12+,13?,14+/m1/s1. The molecule has 7 N–H and O–H groups in total. The quantitative estimate of drug-likeness (QED) is 0.296. The first-order valence-electron chi connectivity index (χ1n) is 9.86. The largest absolute Gasteiger partial charge is 0.391 e. The Labute approximate surface area is 170 Å². The smallest absolute Gasteiger partial charge is 0.327 e. The van der Waals surface area contributed by atoms with E-state index in [0.717, 1.165) is 11.3 Å². The van der Waals surface area contributed by atoms with Crippen LogP contribution in [0.2, 0.25) is 0 Å². The normalized spacial score (nSPS) is 20.5. The van der Waals surface area contributed by atoms with Gasteiger partial charge in [0.05, 0.1) is 12.2 Å². The Morgan fingerprint density at radius 2 is 1.83 bits per heavy atom. The Bertz CT molecular complexity index is 612. The van der Waals surface area contributed by atoms with Crippen LogP contribution >= 0.6 is 0 Å². The minimum atomic E-state index is -1.29. The van der Waals surface area contributed by atoms with Crippen LogP contribution in [0.5, 0.6) is 0 Å². The van der Waals surface area contributed by atoms with E-state index in [-0.39, 0.29) is 13.1 Å². The van der Waals surface area contributed by atoms with E-state index in [2.05, 4.69) is 5.32 Å². The Morgan fingerprint density at radius 3 is 2.31 bits per heavy atom. The number of nitrogens with two attached hydrogens (primary N) is 2. The summed E-state index contributed by atoms with van der Waals surface area (Å²) in [4.78, 5) is 52.0. The van der Waals surface area contributed by atoms with Crippen LogP contribution in [-0.4, -0.2) is 87.2 Å². The monoisotopic (exact) mass is 415 g/mol. The number of nitrogens with one attached hydrogen (secondary N) is 1. The molecule has 11 nitrogen and oxygen atoms in total. The molecular weight excluding hydrogens is 382 g/mol. The summed E-state index contributed by atoms with van der Waals surface area (Å²) in [6.45, 7) is 4.92. The van der Waals surface area contributed by atoms with Gasteiger partial charge in [0.1, 0.15) is 18.1 Å². The summed E-state index contributed by atoms with van der Waals surface area (Å²) in [5, 5.41) is 21.6. The number of amides is 5. The predicted molar refractivity (Wildman–Crippen MR) is 104 cm³/mol. The van der Waals surface area contributed by atoms with E-state index in [1.807, 2.05) is 6.92 Å². The molecule has 1 rings (SSSR count). The molecule has 5 amide bonds. The molecule has 0 aromatic heterocycles. The Morgan fingerprint density at radius 1 is 1.21 bits per heavy atom. The zero-order valence-electron chi connectivity index (χ0n) is 17.2. The van der Waals surface area contributed by atoms with E-state index in [1.165, 1.54) is 18.7 Å². The maximum atomic E-state index is 13.1. The lowest BCUT2D eigenvalue weighted by Gasteiger charge is -2.32. The van der Waals surface area contributed by atoms with Crippen LogP contribution in [0.25, 0.3) is 0 Å². The van der Waals surface area contributed by atoms with Gasteiger partial charge in [0.2, 0.25) is 17.7 Å². The van der Waals surface area contributed by atoms with E-state index >= 15 is 0 Å². The van der Waals surface area contributed by atoms with Gasteiger partial charge in [-0.25, -0.2) is 4.79 Å². The average molecular weight is 415 g/mol. The number of imide groups is 1. The van der Waals surface area contributed by atoms with Gasteiger partial charge in [0, 0.05) is 13.1 Å². The number of nitrogens with zero attached hydrogens (tertiary/aromatic N) is 2. The second kappa shape index (κ2) is 11.1. The number of likely N-dealkylation sites (tertiary alicyclic amines) is 1. The summed E-state index contributed by atoms with van der Waals surface area (Å²) in [7, 11) is 0. The lowest BCUT2D eigenvalue weighted by Crippen LogP contribution is -2.59. The van der Waals surface area contributed by atoms with Gasteiger partial charge in [-0.05, 0) is 33.1 Å². The number of unbranched alkanes of at least 4 members (excludes halogenated alkanes) is 1. The molecule has 29 heavy (non-hydrogen) atoms. The number of carbonyl (C=O) groups is 4. The molecule has 0 spiro atoms. The molecule has 0 bridgehead atoms. The molecule has 0 radical (unpaired) electrons. The van der Waals surface area contributed by atoms with Gasteiger partial charge in [-0.2, -0.15) is 0 Å². The van der Waals surface area contributed by atoms with E-state index < -0.39 is 54.1 Å². The number of aliphatic hydroxyl groups is 2. The molecule has 1 fully saturated rings. The zero-order chi connectivity index (χ0) is 22.3. The maximum Gasteiger partial charge on any atom is 0.327 e. The first-order valence-corrected chi connectivity index (χ1v) is 9.86. The molecule has 0 aromatic carbocycles. The molecule has 1 heterocycles. The third-order valence-corrected chi connectivity index (χ3v) is 4.92. The Kier molecular flexibility index (Phi) is 9.47. The topological polar surface area (TPSA) is 179 Å². The average Bonchev–Trinajstić information content (AvgIpc) is 3.14. The number of hydrogen-bond donors (Lipinski definition) is 5. The lowest BCUT2D eigenvalue weighted by molar-refractivity contribution is -0.134. The van der Waals surface area contributed by atoms with Crippen LogP contribution in [0.15, 0.2) is 0 Å². The van der Waals surface area contributed by atoms with Gasteiger partial charge in [-0.3, -0.25) is 19.3 Å². The molecule has 0 saturated carbocycles. The molecule has 166 valence electrons. The number of urea groups is 1. The fourth-order valence-corrected chi connectivity index (χ4v) is 3.10. The highest BCUT2D eigenvalue weighted by atomic mass is 16.3. The van der Waals surface area contributed by atoms with Crippen LogP contribution in [0.3, 0.4) is 0 Å². The number of aliphatic hydroxyl groups excluding tert-OH is 2. The summed E-state index contributed by atoms with van der Waals surface area (Å²) in [6, 6.07) is -4.14. The highest BCUT2D eigenvalue weighted by molar-refractivity contribution is 5.99. The molecule has 1 saturated heterocycles. The van der Waals surface area contributed by atoms with Crippen molar-refractivity contribution in [2.45, 2.75) is 76.8 Å². The summed E-state index contributed by atoms with van der Waals surface area (Å²) >= 11 is 0. The highest BCUT2D eigenvalue weighted by Gasteiger charge is 2.40. The predicted octanol–water partition coefficient (Wildman–Crippen LogP) is -1.74. The van der Waals surface area contributed by atoms with E-state index in [4.69, 9.17) is 11.5 Å². The summed E-state index contributed by atoms with van der Waals surface area (Å²) < 4.78 is 0. The number of carbonyl (C=O) groups excluding carboxylic acids is 4. The Hall–Kier alpha value is -2.24. The van der Waals surface area contributed by atoms with Crippen LogP contribution in [0, 0.1) is 0 Å². The van der Waals surface area contributed by atoms with Gasteiger partial charge in [-0.15, -0.1) is 0 Å². The summed E-state index contributed by atoms with van der Waals surface area (Å²) in [5.74, 6) is -2.25. The van der Waals surface area contributed by atoms with Crippen molar-refractivity contribution in [2.24, 2.45) is 11.5 Å². The van der Waals surface area contributed by atoms with Crippen molar-refractivity contribution in [2.75, 3.05) is 13.1 Å². The van der Waals surface area contributed by atoms with Crippen molar-refractivity contribution in [1.29, 1.82) is 0 Å². The van der Waals surface area contributed by atoms with Crippen LogP contribution < -0.4 is 16.8 Å². The number of primary amides is 1. The second-order valence-corrected chi connectivity index (χ2v) is 7.37. The van der Waals surface area contributed by atoms with Crippen molar-refractivity contribution in [3.05, 3.63) is 0 Å². The summed E-state index contributed by atoms with van der Waals surface area (Å²) in [6.07, 6.45) is -0.215. The van der Waals surface area contributed by atoms with Crippen molar-refractivity contribution in [1.82, 2.24) is 15.1 Å². The van der Waals surface area contributed by atoms with Gasteiger partial charge in [0.25, 0.3) is 0 Å². The minimum Gasteiger partial charge on any atom is -0.391 e. The Balaban J connectivity index is 3.01. The van der Waals surface area contributed by atoms with Crippen molar-refractivity contribution >= 4 is 23.8 Å². The first-order chi connectivity index (χ1) is 13.5. The van der Waals surface area contributed by atoms with Crippen molar-refractivity contribution in [3.8, 4) is 0 Å². The number of hydrogen-bond acceptors (Lipinski definition) is 7. The third kappa shape index (κ3) is 6.38. The minimum absolute atomic E-state index is 0.108. The maximum absolute atomic E-state index is 13.1. The van der Waals surface area contributed by atoms with E-state index in [1.54, 1.807) is 0 Å². The van der Waals surface area contributed by atoms with Gasteiger partial charge in [-0.1, -0.05) is 13.3 Å². The lowest BCUT2D eigenvalue weighted by atomic mass is 10.1. The fourth-order valence-electron chi connectivity index (χ4n) is 3.10. The molecular formula is C18H33N5O6. The van der Waals surface area contributed by atoms with Gasteiger partial charge >= 0.3 is 6.03 Å². The highest BCUT2D eigenvalue weighted by Crippen LogP contribution is 2.20. The molecule has 0 aromatic rings. The first kappa shape index (κ1) is 24.8. The molecule has 11 heteroatoms. The van der Waals surface area contributed by atoms with E-state index in [0.29, 0.717) is 19.3 Å². The van der Waals surface area contributed by atoms with Crippen LogP contribution in [-0.2, 0) is 14.4 Å². The second-order valence-electron chi connectivity index (χ2n) is 7.37.